The van der Waals surface area contributed by atoms with Crippen LogP contribution in [0.3, 0.4) is 0 Å². The monoisotopic (exact) mass is 1020 g/mol. The zero-order valence-electron chi connectivity index (χ0n) is 47.5. The summed E-state index contributed by atoms with van der Waals surface area (Å²) in [4.78, 5) is 13.0. The lowest BCUT2D eigenvalue weighted by molar-refractivity contribution is -0.302. The van der Waals surface area contributed by atoms with Gasteiger partial charge >= 0.3 is 0 Å². The van der Waals surface area contributed by atoms with Gasteiger partial charge in [0.15, 0.2) is 6.29 Å². The molecular weight excluding hydrogens is 899 g/mol. The maximum Gasteiger partial charge on any atom is 0.220 e. The Morgan fingerprint density at radius 1 is 0.458 bits per heavy atom. The summed E-state index contributed by atoms with van der Waals surface area (Å²) < 4.78 is 11.3. The second-order valence-electron chi connectivity index (χ2n) is 22.2. The van der Waals surface area contributed by atoms with E-state index in [1.165, 1.54) is 257 Å². The minimum Gasteiger partial charge on any atom is -0.394 e. The lowest BCUT2D eigenvalue weighted by Gasteiger charge is -2.40. The molecule has 0 aromatic heterocycles. The standard InChI is InChI=1S/C63H121NO8/c1-3-5-7-9-11-13-15-17-19-20-21-22-23-24-25-26-27-28-29-30-31-32-33-34-35-36-37-38-39-41-43-45-47-49-51-53-59(67)64-56(55-71-63-62(70)61(69)60(68)58(54-65)72-63)57(66)52-50-48-46-44-42-40-18-16-14-12-10-8-6-4-2/h42,44,50,52,56-58,60-63,65-66,68-70H,3-41,43,45-49,51,53-55H2,1-2H3,(H,64,67)/b44-42+,52-50+. The lowest BCUT2D eigenvalue weighted by Crippen LogP contribution is -2.60. The van der Waals surface area contributed by atoms with Gasteiger partial charge in [0, 0.05) is 6.42 Å². The van der Waals surface area contributed by atoms with Gasteiger partial charge in [-0.05, 0) is 32.1 Å². The van der Waals surface area contributed by atoms with Gasteiger partial charge in [0.05, 0.1) is 25.4 Å². The van der Waals surface area contributed by atoms with Crippen molar-refractivity contribution in [3.05, 3.63) is 24.3 Å². The molecule has 0 aromatic carbocycles. The van der Waals surface area contributed by atoms with Crippen molar-refractivity contribution < 1.29 is 39.8 Å². The first-order valence-corrected chi connectivity index (χ1v) is 31.6. The number of carbonyl (C=O) groups excluding carboxylic acids is 1. The summed E-state index contributed by atoms with van der Waals surface area (Å²) in [6.07, 6.45) is 61.5. The van der Waals surface area contributed by atoms with Crippen molar-refractivity contribution in [2.75, 3.05) is 13.2 Å². The zero-order valence-corrected chi connectivity index (χ0v) is 47.5. The van der Waals surface area contributed by atoms with E-state index in [2.05, 4.69) is 31.3 Å². The normalized spacial score (nSPS) is 19.2. The number of hydrogen-bond acceptors (Lipinski definition) is 8. The number of ether oxygens (including phenoxy) is 2. The van der Waals surface area contributed by atoms with E-state index in [4.69, 9.17) is 9.47 Å². The van der Waals surface area contributed by atoms with Gasteiger partial charge in [-0.25, -0.2) is 0 Å². The Kier molecular flexibility index (Phi) is 50.6. The van der Waals surface area contributed by atoms with Gasteiger partial charge < -0.3 is 40.3 Å². The Balaban J connectivity index is 2.07. The highest BCUT2D eigenvalue weighted by Crippen LogP contribution is 2.23. The van der Waals surface area contributed by atoms with Gasteiger partial charge in [-0.3, -0.25) is 4.79 Å². The van der Waals surface area contributed by atoms with E-state index in [0.29, 0.717) is 6.42 Å². The molecule has 0 saturated carbocycles. The summed E-state index contributed by atoms with van der Waals surface area (Å²) in [5, 5.41) is 54.4. The molecule has 1 aliphatic rings. The molecule has 1 fully saturated rings. The highest BCUT2D eigenvalue weighted by molar-refractivity contribution is 5.76. The van der Waals surface area contributed by atoms with Gasteiger partial charge in [0.25, 0.3) is 0 Å². The van der Waals surface area contributed by atoms with E-state index in [9.17, 15) is 30.3 Å². The third-order valence-electron chi connectivity index (χ3n) is 15.3. The first-order chi connectivity index (χ1) is 35.3. The predicted molar refractivity (Wildman–Crippen MR) is 304 cm³/mol. The Morgan fingerprint density at radius 2 is 0.792 bits per heavy atom. The highest BCUT2D eigenvalue weighted by atomic mass is 16.7. The number of nitrogens with one attached hydrogen (secondary N) is 1. The van der Waals surface area contributed by atoms with Crippen LogP contribution in [0, 0.1) is 0 Å². The Bertz CT molecular complexity index is 1180. The minimum atomic E-state index is -1.57. The summed E-state index contributed by atoms with van der Waals surface area (Å²) in [6, 6.07) is -0.818. The number of allylic oxidation sites excluding steroid dienone is 3. The zero-order chi connectivity index (χ0) is 52.2. The number of aliphatic hydroxyl groups excluding tert-OH is 5. The van der Waals surface area contributed by atoms with E-state index >= 15 is 0 Å². The minimum absolute atomic E-state index is 0.181. The van der Waals surface area contributed by atoms with Crippen molar-refractivity contribution in [1.29, 1.82) is 0 Å². The smallest absolute Gasteiger partial charge is 0.220 e. The number of aliphatic hydroxyl groups is 5. The number of hydrogen-bond donors (Lipinski definition) is 6. The molecule has 0 aliphatic carbocycles. The molecule has 1 rings (SSSR count). The topological polar surface area (TPSA) is 149 Å². The van der Waals surface area contributed by atoms with Crippen LogP contribution in [0.2, 0.25) is 0 Å². The summed E-state index contributed by atoms with van der Waals surface area (Å²) >= 11 is 0. The molecule has 1 amide bonds. The molecule has 0 radical (unpaired) electrons. The van der Waals surface area contributed by atoms with Crippen LogP contribution in [-0.2, 0) is 14.3 Å². The Labute approximate surface area is 445 Å². The molecule has 9 nitrogen and oxygen atoms in total. The fourth-order valence-corrected chi connectivity index (χ4v) is 10.3. The lowest BCUT2D eigenvalue weighted by atomic mass is 9.99. The van der Waals surface area contributed by atoms with E-state index in [1.807, 2.05) is 6.08 Å². The average molecular weight is 1020 g/mol. The van der Waals surface area contributed by atoms with Crippen LogP contribution in [0.25, 0.3) is 0 Å². The fraction of sp³-hybridized carbons (Fsp3) is 0.921. The predicted octanol–water partition coefficient (Wildman–Crippen LogP) is 16.1. The summed E-state index contributed by atoms with van der Waals surface area (Å²) in [6.45, 7) is 3.79. The molecule has 7 unspecified atom stereocenters. The van der Waals surface area contributed by atoms with Gasteiger partial charge in [0.1, 0.15) is 24.4 Å². The molecule has 0 spiro atoms. The van der Waals surface area contributed by atoms with E-state index in [-0.39, 0.29) is 12.5 Å². The van der Waals surface area contributed by atoms with Crippen LogP contribution in [0.4, 0.5) is 0 Å². The molecule has 0 bridgehead atoms. The number of carbonyl (C=O) groups is 1. The van der Waals surface area contributed by atoms with Crippen LogP contribution >= 0.6 is 0 Å². The molecule has 6 N–H and O–H groups in total. The largest absolute Gasteiger partial charge is 0.394 e. The molecule has 72 heavy (non-hydrogen) atoms. The molecule has 1 heterocycles. The number of unbranched alkanes of at least 4 members (excludes halogenated alkanes) is 43. The Hall–Kier alpha value is -1.33. The van der Waals surface area contributed by atoms with Crippen molar-refractivity contribution in [3.8, 4) is 0 Å². The maximum atomic E-state index is 13.0. The third-order valence-corrected chi connectivity index (χ3v) is 15.3. The SMILES string of the molecule is CCCCCCCCCC/C=C/CC/C=C/C(O)C(COC1OC(CO)C(O)C(O)C1O)NC(=O)CCCCCCCCCCCCCCCCCCCCCCCCCCCCCCCCCCCCC. The molecular formula is C63H121NO8. The van der Waals surface area contributed by atoms with Crippen molar-refractivity contribution in [2.45, 2.75) is 358 Å². The van der Waals surface area contributed by atoms with Crippen molar-refractivity contribution >= 4 is 5.91 Å². The van der Waals surface area contributed by atoms with Crippen LogP contribution in [-0.4, -0.2) is 87.5 Å². The van der Waals surface area contributed by atoms with Gasteiger partial charge in [-0.2, -0.15) is 0 Å². The van der Waals surface area contributed by atoms with Crippen LogP contribution in [0.1, 0.15) is 316 Å². The first kappa shape index (κ1) is 68.7. The van der Waals surface area contributed by atoms with Crippen LogP contribution in [0.5, 0.6) is 0 Å². The van der Waals surface area contributed by atoms with Gasteiger partial charge in [-0.1, -0.05) is 301 Å². The second kappa shape index (κ2) is 53.1. The second-order valence-corrected chi connectivity index (χ2v) is 22.2. The number of rotatable bonds is 55. The first-order valence-electron chi connectivity index (χ1n) is 31.6. The van der Waals surface area contributed by atoms with Gasteiger partial charge in [0.2, 0.25) is 5.91 Å². The molecule has 1 saturated heterocycles. The van der Waals surface area contributed by atoms with Crippen molar-refractivity contribution in [3.63, 3.8) is 0 Å². The number of amides is 1. The Morgan fingerprint density at radius 3 is 1.17 bits per heavy atom. The summed E-state index contributed by atoms with van der Waals surface area (Å²) in [7, 11) is 0. The third kappa shape index (κ3) is 41.9. The quantitative estimate of drug-likeness (QED) is 0.0261. The molecule has 0 aromatic rings. The molecule has 1 aliphatic heterocycles. The van der Waals surface area contributed by atoms with Crippen LogP contribution in [0.15, 0.2) is 24.3 Å². The maximum absolute atomic E-state index is 13.0. The summed E-state index contributed by atoms with van der Waals surface area (Å²) in [5.41, 5.74) is 0. The average Bonchev–Trinajstić information content (AvgIpc) is 3.38. The van der Waals surface area contributed by atoms with E-state index in [0.717, 1.165) is 38.5 Å². The van der Waals surface area contributed by atoms with Crippen molar-refractivity contribution in [1.82, 2.24) is 5.32 Å². The molecule has 426 valence electrons. The highest BCUT2D eigenvalue weighted by Gasteiger charge is 2.44. The fourth-order valence-electron chi connectivity index (χ4n) is 10.3. The molecule has 9 heteroatoms. The summed E-state index contributed by atoms with van der Waals surface area (Å²) in [5.74, 6) is -0.181. The van der Waals surface area contributed by atoms with Gasteiger partial charge in [-0.15, -0.1) is 0 Å². The van der Waals surface area contributed by atoms with E-state index < -0.39 is 49.5 Å². The van der Waals surface area contributed by atoms with Crippen molar-refractivity contribution in [2.24, 2.45) is 0 Å². The molecule has 7 atom stereocenters. The van der Waals surface area contributed by atoms with E-state index in [1.54, 1.807) is 6.08 Å². The van der Waals surface area contributed by atoms with Crippen LogP contribution < -0.4 is 5.32 Å².